The number of phenolic OH excluding ortho intramolecular Hbond substituents is 1. The third-order valence-electron chi connectivity index (χ3n) is 3.76. The Kier molecular flexibility index (Phi) is 3.89. The van der Waals surface area contributed by atoms with Crippen LogP contribution in [-0.2, 0) is 4.79 Å². The molecule has 3 aromatic rings. The Bertz CT molecular complexity index is 793. The second-order valence-electron chi connectivity index (χ2n) is 5.33. The highest BCUT2D eigenvalue weighted by Gasteiger charge is 2.27. The Morgan fingerprint density at radius 2 is 1.87 bits per heavy atom. The number of fused-ring (bicyclic) bond motifs is 1. The summed E-state index contributed by atoms with van der Waals surface area (Å²) in [6.07, 6.45) is 0. The molecule has 3 N–H and O–H groups in total. The topological polar surface area (TPSA) is 95.6 Å². The van der Waals surface area contributed by atoms with E-state index in [0.29, 0.717) is 11.1 Å². The number of nitrogens with one attached hydrogen (secondary N) is 1. The van der Waals surface area contributed by atoms with Gasteiger partial charge < -0.3 is 19.9 Å². The van der Waals surface area contributed by atoms with Crippen LogP contribution in [0.4, 0.5) is 6.01 Å². The summed E-state index contributed by atoms with van der Waals surface area (Å²) in [6, 6.07) is 12.9. The van der Waals surface area contributed by atoms with E-state index >= 15 is 0 Å². The lowest BCUT2D eigenvalue weighted by atomic mass is 9.93. The molecule has 0 fully saturated rings. The SMILES string of the molecule is CC(c1ccc(O)cc1)[C@H](Nc1nc2ccccc2o1)C(=O)O. The van der Waals surface area contributed by atoms with Gasteiger partial charge in [0.05, 0.1) is 0 Å². The maximum atomic E-state index is 11.6. The van der Waals surface area contributed by atoms with E-state index in [1.54, 1.807) is 31.2 Å². The van der Waals surface area contributed by atoms with Crippen LogP contribution in [0.2, 0.25) is 0 Å². The van der Waals surface area contributed by atoms with Crippen molar-refractivity contribution in [1.82, 2.24) is 4.98 Å². The van der Waals surface area contributed by atoms with Crippen LogP contribution in [-0.4, -0.2) is 27.2 Å². The summed E-state index contributed by atoms with van der Waals surface area (Å²) in [6.45, 7) is 1.79. The fourth-order valence-electron chi connectivity index (χ4n) is 2.44. The van der Waals surface area contributed by atoms with E-state index in [2.05, 4.69) is 10.3 Å². The van der Waals surface area contributed by atoms with E-state index in [1.807, 2.05) is 12.1 Å². The molecule has 2 atom stereocenters. The number of phenols is 1. The molecule has 2 aromatic carbocycles. The second-order valence-corrected chi connectivity index (χ2v) is 5.33. The molecule has 0 spiro atoms. The molecule has 0 radical (unpaired) electrons. The number of nitrogens with zero attached hydrogens (tertiary/aromatic N) is 1. The molecule has 23 heavy (non-hydrogen) atoms. The highest BCUT2D eigenvalue weighted by Crippen LogP contribution is 2.26. The first kappa shape index (κ1) is 14.9. The Morgan fingerprint density at radius 3 is 2.52 bits per heavy atom. The number of aromatic hydroxyl groups is 1. The summed E-state index contributed by atoms with van der Waals surface area (Å²) >= 11 is 0. The molecular weight excluding hydrogens is 296 g/mol. The molecule has 0 saturated carbocycles. The van der Waals surface area contributed by atoms with Crippen LogP contribution in [0.1, 0.15) is 18.4 Å². The molecule has 0 bridgehead atoms. The summed E-state index contributed by atoms with van der Waals surface area (Å²) < 4.78 is 5.53. The van der Waals surface area contributed by atoms with Crippen LogP contribution >= 0.6 is 0 Å². The fraction of sp³-hybridized carbons (Fsp3) is 0.176. The molecule has 0 aliphatic heterocycles. The van der Waals surface area contributed by atoms with Crippen LogP contribution < -0.4 is 5.32 Å². The van der Waals surface area contributed by atoms with E-state index in [1.165, 1.54) is 12.1 Å². The second kappa shape index (κ2) is 6.00. The Labute approximate surface area is 132 Å². The monoisotopic (exact) mass is 312 g/mol. The first-order chi connectivity index (χ1) is 11.0. The lowest BCUT2D eigenvalue weighted by molar-refractivity contribution is -0.138. The molecule has 118 valence electrons. The Balaban J connectivity index is 1.86. The Hall–Kier alpha value is -3.02. The Morgan fingerprint density at radius 1 is 1.17 bits per heavy atom. The first-order valence-corrected chi connectivity index (χ1v) is 7.18. The quantitative estimate of drug-likeness (QED) is 0.669. The maximum absolute atomic E-state index is 11.6. The highest BCUT2D eigenvalue weighted by atomic mass is 16.4. The van der Waals surface area contributed by atoms with Crippen molar-refractivity contribution < 1.29 is 19.4 Å². The minimum Gasteiger partial charge on any atom is -0.508 e. The van der Waals surface area contributed by atoms with E-state index in [-0.39, 0.29) is 17.7 Å². The van der Waals surface area contributed by atoms with E-state index in [0.717, 1.165) is 5.56 Å². The average Bonchev–Trinajstić information content (AvgIpc) is 2.95. The van der Waals surface area contributed by atoms with Crippen molar-refractivity contribution in [2.45, 2.75) is 18.9 Å². The number of carbonyl (C=O) groups is 1. The van der Waals surface area contributed by atoms with Gasteiger partial charge in [0.25, 0.3) is 6.01 Å². The molecule has 0 aliphatic rings. The molecule has 0 saturated heterocycles. The van der Waals surface area contributed by atoms with E-state index in [4.69, 9.17) is 4.42 Å². The van der Waals surface area contributed by atoms with Gasteiger partial charge in [-0.05, 0) is 29.8 Å². The van der Waals surface area contributed by atoms with Gasteiger partial charge >= 0.3 is 5.97 Å². The molecule has 1 unspecified atom stereocenters. The van der Waals surface area contributed by atoms with Crippen LogP contribution in [0.15, 0.2) is 52.9 Å². The van der Waals surface area contributed by atoms with Crippen molar-refractivity contribution in [3.8, 4) is 5.75 Å². The van der Waals surface area contributed by atoms with Crippen molar-refractivity contribution in [2.75, 3.05) is 5.32 Å². The summed E-state index contributed by atoms with van der Waals surface area (Å²) in [4.78, 5) is 15.9. The summed E-state index contributed by atoms with van der Waals surface area (Å²) in [5, 5.41) is 21.7. The number of carboxylic acids is 1. The molecule has 6 nitrogen and oxygen atoms in total. The van der Waals surface area contributed by atoms with Gasteiger partial charge in [-0.2, -0.15) is 4.98 Å². The first-order valence-electron chi connectivity index (χ1n) is 7.18. The number of anilines is 1. The molecular formula is C17H16N2O4. The van der Waals surface area contributed by atoms with Crippen molar-refractivity contribution in [3.63, 3.8) is 0 Å². The van der Waals surface area contributed by atoms with E-state index < -0.39 is 12.0 Å². The van der Waals surface area contributed by atoms with Crippen LogP contribution in [0, 0.1) is 0 Å². The smallest absolute Gasteiger partial charge is 0.326 e. The number of para-hydroxylation sites is 2. The van der Waals surface area contributed by atoms with Gasteiger partial charge in [-0.1, -0.05) is 31.2 Å². The average molecular weight is 312 g/mol. The zero-order valence-corrected chi connectivity index (χ0v) is 12.4. The predicted molar refractivity (Wildman–Crippen MR) is 85.6 cm³/mol. The predicted octanol–water partition coefficient (Wildman–Crippen LogP) is 3.20. The zero-order chi connectivity index (χ0) is 16.4. The third kappa shape index (κ3) is 3.11. The summed E-state index contributed by atoms with van der Waals surface area (Å²) in [5.74, 6) is -1.21. The van der Waals surface area contributed by atoms with Crippen molar-refractivity contribution in [2.24, 2.45) is 0 Å². The number of oxazole rings is 1. The number of hydrogen-bond acceptors (Lipinski definition) is 5. The molecule has 1 heterocycles. The molecule has 3 rings (SSSR count). The summed E-state index contributed by atoms with van der Waals surface area (Å²) in [5.41, 5.74) is 2.05. The van der Waals surface area contributed by atoms with Gasteiger partial charge in [0.1, 0.15) is 17.3 Å². The van der Waals surface area contributed by atoms with Gasteiger partial charge in [0, 0.05) is 5.92 Å². The largest absolute Gasteiger partial charge is 0.508 e. The number of carboxylic acid groups (broad SMARTS) is 1. The number of benzene rings is 2. The molecule has 0 aliphatic carbocycles. The minimum atomic E-state index is -1.01. The molecule has 0 amide bonds. The molecule has 1 aromatic heterocycles. The highest BCUT2D eigenvalue weighted by molar-refractivity contribution is 5.79. The number of aliphatic carboxylic acids is 1. The third-order valence-corrected chi connectivity index (χ3v) is 3.76. The van der Waals surface area contributed by atoms with Crippen LogP contribution in [0.5, 0.6) is 5.75 Å². The normalized spacial score (nSPS) is 13.6. The van der Waals surface area contributed by atoms with Crippen molar-refractivity contribution >= 4 is 23.1 Å². The van der Waals surface area contributed by atoms with Gasteiger partial charge in [0.15, 0.2) is 5.58 Å². The van der Waals surface area contributed by atoms with Crippen molar-refractivity contribution in [3.05, 3.63) is 54.1 Å². The molecule has 6 heteroatoms. The van der Waals surface area contributed by atoms with Gasteiger partial charge in [-0.3, -0.25) is 0 Å². The maximum Gasteiger partial charge on any atom is 0.326 e. The van der Waals surface area contributed by atoms with Crippen molar-refractivity contribution in [1.29, 1.82) is 0 Å². The number of rotatable bonds is 5. The minimum absolute atomic E-state index is 0.139. The van der Waals surface area contributed by atoms with Gasteiger partial charge in [0.2, 0.25) is 0 Å². The van der Waals surface area contributed by atoms with E-state index in [9.17, 15) is 15.0 Å². The standard InChI is InChI=1S/C17H16N2O4/c1-10(11-6-8-12(20)9-7-11)15(16(21)22)19-17-18-13-4-2-3-5-14(13)23-17/h2-10,15,20H,1H3,(H,18,19)(H,21,22)/t10?,15-/m0/s1. The number of hydrogen-bond donors (Lipinski definition) is 3. The van der Waals surface area contributed by atoms with Gasteiger partial charge in [-0.25, -0.2) is 4.79 Å². The lowest BCUT2D eigenvalue weighted by Gasteiger charge is -2.20. The fourth-order valence-corrected chi connectivity index (χ4v) is 2.44. The van der Waals surface area contributed by atoms with Gasteiger partial charge in [-0.15, -0.1) is 0 Å². The van der Waals surface area contributed by atoms with Crippen LogP contribution in [0.25, 0.3) is 11.1 Å². The van der Waals surface area contributed by atoms with Crippen LogP contribution in [0.3, 0.4) is 0 Å². The zero-order valence-electron chi connectivity index (χ0n) is 12.4. The number of aromatic nitrogens is 1. The lowest BCUT2D eigenvalue weighted by Crippen LogP contribution is -2.34. The summed E-state index contributed by atoms with van der Waals surface area (Å²) in [7, 11) is 0.